The van der Waals surface area contributed by atoms with Gasteiger partial charge in [-0.3, -0.25) is 4.79 Å². The third-order valence-corrected chi connectivity index (χ3v) is 6.02. The fourth-order valence-corrected chi connectivity index (χ4v) is 3.90. The number of aromatic hydroxyl groups is 1. The maximum absolute atomic E-state index is 12.7. The van der Waals surface area contributed by atoms with Crippen LogP contribution in [0.25, 0.3) is 0 Å². The van der Waals surface area contributed by atoms with Gasteiger partial charge in [-0.25, -0.2) is 0 Å². The van der Waals surface area contributed by atoms with Gasteiger partial charge in [0.25, 0.3) is 0 Å². The first-order valence-electron chi connectivity index (χ1n) is 11.4. The number of aliphatic hydroxyl groups is 8. The second kappa shape index (κ2) is 12.0. The molecule has 0 amide bonds. The number of ether oxygens (including phenoxy) is 4. The molecule has 2 aliphatic rings. The molecule has 204 valence electrons. The van der Waals surface area contributed by atoms with Crippen LogP contribution in [0.4, 0.5) is 0 Å². The number of hydrogen-bond acceptors (Lipinski definition) is 14. The summed E-state index contributed by atoms with van der Waals surface area (Å²) in [7, 11) is 0. The van der Waals surface area contributed by atoms with E-state index in [0.717, 1.165) is 12.1 Å². The fourth-order valence-electron chi connectivity index (χ4n) is 3.90. The van der Waals surface area contributed by atoms with Gasteiger partial charge in [-0.05, 0) is 12.5 Å². The summed E-state index contributed by atoms with van der Waals surface area (Å²) in [6.45, 7) is 0.312. The smallest absolute Gasteiger partial charge is 0.229 e. The predicted molar refractivity (Wildman–Crippen MR) is 116 cm³/mol. The van der Waals surface area contributed by atoms with Gasteiger partial charge < -0.3 is 64.9 Å². The molecule has 10 atom stereocenters. The molecule has 14 nitrogen and oxygen atoms in total. The molecule has 3 rings (SSSR count). The van der Waals surface area contributed by atoms with E-state index in [-0.39, 0.29) is 17.7 Å². The number of Topliss-reactive ketones (excluding diaryl/α,β-unsaturated/α-hetero) is 1. The Balaban J connectivity index is 1.93. The SMILES string of the molecule is CCCC(=O)c1cc(O)c(OC2OC(CO)C(O)C(O)C2O)cc1OC1OC(CO)C(O)C(O)C1O. The van der Waals surface area contributed by atoms with Crippen molar-refractivity contribution in [2.45, 2.75) is 81.2 Å². The van der Waals surface area contributed by atoms with E-state index in [9.17, 15) is 50.8 Å². The topological polar surface area (TPSA) is 236 Å². The highest BCUT2D eigenvalue weighted by Crippen LogP contribution is 2.38. The Morgan fingerprint density at radius 3 is 1.69 bits per heavy atom. The number of phenolic OH excluding ortho intramolecular Hbond substituents is 1. The van der Waals surface area contributed by atoms with Gasteiger partial charge in [-0.1, -0.05) is 6.92 Å². The van der Waals surface area contributed by atoms with Gasteiger partial charge >= 0.3 is 0 Å². The molecule has 2 heterocycles. The van der Waals surface area contributed by atoms with Crippen LogP contribution in [0.15, 0.2) is 12.1 Å². The monoisotopic (exact) mass is 520 g/mol. The Kier molecular flexibility index (Phi) is 9.45. The van der Waals surface area contributed by atoms with Crippen molar-refractivity contribution < 1.29 is 69.7 Å². The number of aliphatic hydroxyl groups excluding tert-OH is 8. The summed E-state index contributed by atoms with van der Waals surface area (Å²) in [5.74, 6) is -1.75. The lowest BCUT2D eigenvalue weighted by molar-refractivity contribution is -0.278. The number of phenols is 1. The van der Waals surface area contributed by atoms with Crippen LogP contribution in [0.1, 0.15) is 30.1 Å². The van der Waals surface area contributed by atoms with Crippen LogP contribution in [0.2, 0.25) is 0 Å². The number of rotatable bonds is 9. The zero-order chi connectivity index (χ0) is 26.7. The fraction of sp³-hybridized carbons (Fsp3) is 0.682. The molecule has 2 saturated heterocycles. The molecule has 14 heteroatoms. The number of carbonyl (C=O) groups is 1. The largest absolute Gasteiger partial charge is 0.504 e. The van der Waals surface area contributed by atoms with Crippen LogP contribution in [-0.4, -0.2) is 126 Å². The molecule has 2 fully saturated rings. The first kappa shape index (κ1) is 28.5. The lowest BCUT2D eigenvalue weighted by atomic mass is 9.99. The Labute approximate surface area is 205 Å². The summed E-state index contributed by atoms with van der Waals surface area (Å²) in [6, 6.07) is 2.01. The third-order valence-electron chi connectivity index (χ3n) is 6.02. The van der Waals surface area contributed by atoms with E-state index >= 15 is 0 Å². The van der Waals surface area contributed by atoms with Gasteiger partial charge in [-0.2, -0.15) is 0 Å². The summed E-state index contributed by atoms with van der Waals surface area (Å²) in [5.41, 5.74) is -0.146. The minimum absolute atomic E-state index is 0.0530. The van der Waals surface area contributed by atoms with E-state index in [2.05, 4.69) is 0 Å². The lowest BCUT2D eigenvalue weighted by Crippen LogP contribution is -2.60. The average molecular weight is 520 g/mol. The van der Waals surface area contributed by atoms with Gasteiger partial charge in [-0.15, -0.1) is 0 Å². The van der Waals surface area contributed by atoms with E-state index in [1.54, 1.807) is 6.92 Å². The maximum Gasteiger partial charge on any atom is 0.229 e. The van der Waals surface area contributed by atoms with E-state index in [1.165, 1.54) is 0 Å². The molecule has 0 spiro atoms. The van der Waals surface area contributed by atoms with Gasteiger partial charge in [0.2, 0.25) is 12.6 Å². The highest BCUT2D eigenvalue weighted by Gasteiger charge is 2.46. The zero-order valence-corrected chi connectivity index (χ0v) is 19.3. The summed E-state index contributed by atoms with van der Waals surface area (Å²) in [6.07, 6.45) is -15.8. The standard InChI is InChI=1S/C22H32O14/c1-2-3-9(25)8-4-10(26)12(34-22-20(32)18(30)16(28)14(7-24)36-22)5-11(8)33-21-19(31)17(29)15(27)13(6-23)35-21/h4-5,13-24,26-32H,2-3,6-7H2,1H3. The van der Waals surface area contributed by atoms with Crippen LogP contribution >= 0.6 is 0 Å². The highest BCUT2D eigenvalue weighted by atomic mass is 16.7. The molecule has 1 aromatic rings. The lowest BCUT2D eigenvalue weighted by Gasteiger charge is -2.40. The van der Waals surface area contributed by atoms with Crippen molar-refractivity contribution in [2.24, 2.45) is 0 Å². The average Bonchev–Trinajstić information content (AvgIpc) is 2.86. The van der Waals surface area contributed by atoms with Crippen molar-refractivity contribution in [2.75, 3.05) is 13.2 Å². The molecule has 0 saturated carbocycles. The van der Waals surface area contributed by atoms with Gasteiger partial charge in [0.05, 0.1) is 18.8 Å². The van der Waals surface area contributed by atoms with Gasteiger partial charge in [0.15, 0.2) is 17.3 Å². The second-order valence-corrected chi connectivity index (χ2v) is 8.62. The first-order valence-corrected chi connectivity index (χ1v) is 11.4. The van der Waals surface area contributed by atoms with Gasteiger partial charge in [0.1, 0.15) is 54.6 Å². The molecule has 0 radical (unpaired) electrons. The molecule has 0 bridgehead atoms. The third kappa shape index (κ3) is 5.73. The summed E-state index contributed by atoms with van der Waals surface area (Å²) in [4.78, 5) is 12.7. The Bertz CT molecular complexity index is 892. The van der Waals surface area contributed by atoms with Crippen molar-refractivity contribution in [1.29, 1.82) is 0 Å². The van der Waals surface area contributed by atoms with Crippen LogP contribution in [0, 0.1) is 0 Å². The van der Waals surface area contributed by atoms with Gasteiger partial charge in [0, 0.05) is 12.5 Å². The minimum Gasteiger partial charge on any atom is -0.504 e. The maximum atomic E-state index is 12.7. The Morgan fingerprint density at radius 1 is 0.778 bits per heavy atom. The van der Waals surface area contributed by atoms with E-state index < -0.39 is 91.9 Å². The minimum atomic E-state index is -1.79. The quantitative estimate of drug-likeness (QED) is 0.145. The highest BCUT2D eigenvalue weighted by molar-refractivity contribution is 5.99. The first-order chi connectivity index (χ1) is 17.0. The molecule has 36 heavy (non-hydrogen) atoms. The summed E-state index contributed by atoms with van der Waals surface area (Å²) < 4.78 is 21.6. The van der Waals surface area contributed by atoms with Crippen LogP contribution in [0.5, 0.6) is 17.2 Å². The molecule has 2 aliphatic heterocycles. The second-order valence-electron chi connectivity index (χ2n) is 8.62. The molecule has 9 N–H and O–H groups in total. The number of hydrogen-bond donors (Lipinski definition) is 9. The van der Waals surface area contributed by atoms with E-state index in [4.69, 9.17) is 18.9 Å². The predicted octanol–water partition coefficient (Wildman–Crippen LogP) is -3.27. The zero-order valence-electron chi connectivity index (χ0n) is 19.3. The van der Waals surface area contributed by atoms with Crippen LogP contribution in [0.3, 0.4) is 0 Å². The van der Waals surface area contributed by atoms with Crippen molar-refractivity contribution >= 4 is 5.78 Å². The van der Waals surface area contributed by atoms with Crippen LogP contribution < -0.4 is 9.47 Å². The van der Waals surface area contributed by atoms with Crippen LogP contribution in [-0.2, 0) is 9.47 Å². The molecular weight excluding hydrogens is 488 g/mol. The van der Waals surface area contributed by atoms with E-state index in [1.807, 2.05) is 0 Å². The number of ketones is 1. The Hall–Kier alpha value is -2.11. The molecule has 1 aromatic carbocycles. The summed E-state index contributed by atoms with van der Waals surface area (Å²) in [5, 5.41) is 89.7. The Morgan fingerprint density at radius 2 is 1.25 bits per heavy atom. The molecular formula is C22H32O14. The number of benzene rings is 1. The molecule has 10 unspecified atom stereocenters. The summed E-state index contributed by atoms with van der Waals surface area (Å²) >= 11 is 0. The number of carbonyl (C=O) groups excluding carboxylic acids is 1. The van der Waals surface area contributed by atoms with Crippen molar-refractivity contribution in [3.05, 3.63) is 17.7 Å². The normalized spacial score (nSPS) is 36.9. The molecule has 0 aliphatic carbocycles. The van der Waals surface area contributed by atoms with Crippen molar-refractivity contribution in [3.63, 3.8) is 0 Å². The van der Waals surface area contributed by atoms with Crippen molar-refractivity contribution in [1.82, 2.24) is 0 Å². The van der Waals surface area contributed by atoms with E-state index in [0.29, 0.717) is 6.42 Å². The van der Waals surface area contributed by atoms with Crippen molar-refractivity contribution in [3.8, 4) is 17.2 Å². The molecule has 0 aromatic heterocycles.